The van der Waals surface area contributed by atoms with Crippen LogP contribution < -0.4 is 0 Å². The summed E-state index contributed by atoms with van der Waals surface area (Å²) in [5.41, 5.74) is 0.483. The van der Waals surface area contributed by atoms with Gasteiger partial charge in [-0.25, -0.2) is 8.42 Å². The summed E-state index contributed by atoms with van der Waals surface area (Å²) < 4.78 is 32.2. The molecular weight excluding hydrogens is 486 g/mol. The Morgan fingerprint density at radius 3 is 2.11 bits per heavy atom. The quantitative estimate of drug-likeness (QED) is 0.373. The summed E-state index contributed by atoms with van der Waals surface area (Å²) in [6.45, 7) is 7.08. The van der Waals surface area contributed by atoms with Crippen LogP contribution in [0.4, 0.5) is 0 Å². The minimum atomic E-state index is -4.14. The van der Waals surface area contributed by atoms with Crippen LogP contribution in [0.3, 0.4) is 0 Å². The molecule has 0 radical (unpaired) electrons. The number of Topliss-reactive ketones (excluding diaryl/α,β-unsaturated/α-hetero) is 1. The molecule has 10 nitrogen and oxygen atoms in total. The van der Waals surface area contributed by atoms with Crippen LogP contribution in [0.25, 0.3) is 0 Å². The molecule has 1 fully saturated rings. The fraction of sp³-hybridized carbons (Fsp3) is 0.600. The predicted octanol–water partition coefficient (Wildman–Crippen LogP) is 0.893. The molecule has 1 aromatic rings. The number of ketones is 1. The molecule has 0 bridgehead atoms. The third kappa shape index (κ3) is 7.36. The van der Waals surface area contributed by atoms with E-state index in [9.17, 15) is 27.6 Å². The van der Waals surface area contributed by atoms with Gasteiger partial charge in [0, 0.05) is 33.2 Å². The second kappa shape index (κ2) is 13.5. The molecule has 1 aliphatic rings. The number of sulfone groups is 1. The maximum atomic E-state index is 13.6. The Labute approximate surface area is 213 Å². The first-order chi connectivity index (χ1) is 17.1. The van der Waals surface area contributed by atoms with Gasteiger partial charge < -0.3 is 19.4 Å². The van der Waals surface area contributed by atoms with Crippen LogP contribution >= 0.6 is 0 Å². The Morgan fingerprint density at radius 2 is 1.58 bits per heavy atom. The molecule has 1 aliphatic heterocycles. The Balaban J connectivity index is 2.36. The number of morpholine rings is 1. The van der Waals surface area contributed by atoms with Crippen LogP contribution in [0.15, 0.2) is 30.3 Å². The van der Waals surface area contributed by atoms with Gasteiger partial charge in [0.05, 0.1) is 31.4 Å². The number of benzene rings is 1. The molecule has 0 aromatic heterocycles. The zero-order chi connectivity index (χ0) is 26.9. The van der Waals surface area contributed by atoms with Crippen molar-refractivity contribution >= 4 is 33.3 Å². The Kier molecular flexibility index (Phi) is 11.0. The lowest BCUT2D eigenvalue weighted by molar-refractivity contribution is -0.149. The highest BCUT2D eigenvalue weighted by molar-refractivity contribution is 7.92. The highest BCUT2D eigenvalue weighted by Gasteiger charge is 2.41. The number of likely N-dealkylation sites (N-methyl/N-ethyl adjacent to an activating group) is 2. The average Bonchev–Trinajstić information content (AvgIpc) is 2.88. The van der Waals surface area contributed by atoms with Crippen molar-refractivity contribution in [3.05, 3.63) is 35.9 Å². The van der Waals surface area contributed by atoms with Crippen molar-refractivity contribution in [3.63, 3.8) is 0 Å². The van der Waals surface area contributed by atoms with E-state index in [1.54, 1.807) is 51.1 Å². The number of hydrogen-bond donors (Lipinski definition) is 0. The normalized spacial score (nSPS) is 15.6. The molecule has 1 saturated heterocycles. The molecule has 11 heteroatoms. The van der Waals surface area contributed by atoms with Crippen LogP contribution in [-0.4, -0.2) is 104 Å². The van der Waals surface area contributed by atoms with Gasteiger partial charge in [0.15, 0.2) is 9.84 Å². The van der Waals surface area contributed by atoms with Crippen LogP contribution in [0.5, 0.6) is 0 Å². The van der Waals surface area contributed by atoms with Gasteiger partial charge in [0.25, 0.3) is 5.91 Å². The molecule has 2 atom stereocenters. The van der Waals surface area contributed by atoms with Crippen molar-refractivity contribution in [3.8, 4) is 0 Å². The first-order valence-electron chi connectivity index (χ1n) is 12.3. The highest BCUT2D eigenvalue weighted by atomic mass is 32.2. The molecule has 0 spiro atoms. The highest BCUT2D eigenvalue weighted by Crippen LogP contribution is 2.20. The molecule has 1 unspecified atom stereocenters. The Hall–Kier alpha value is -2.79. The van der Waals surface area contributed by atoms with Crippen LogP contribution in [0.2, 0.25) is 0 Å². The number of nitrogens with zero attached hydrogens (tertiary/aromatic N) is 3. The van der Waals surface area contributed by atoms with E-state index in [1.165, 1.54) is 16.8 Å². The number of carbonyl (C=O) groups excluding carboxylic acids is 4. The monoisotopic (exact) mass is 523 g/mol. The summed E-state index contributed by atoms with van der Waals surface area (Å²) in [6, 6.07) is 7.26. The van der Waals surface area contributed by atoms with E-state index in [0.717, 1.165) is 4.90 Å². The van der Waals surface area contributed by atoms with Crippen LogP contribution in [0, 0.1) is 0 Å². The number of rotatable bonds is 12. The van der Waals surface area contributed by atoms with Crippen molar-refractivity contribution < 1.29 is 32.3 Å². The Bertz CT molecular complexity index is 1020. The van der Waals surface area contributed by atoms with E-state index in [0.29, 0.717) is 45.0 Å². The minimum Gasteiger partial charge on any atom is -0.378 e. The van der Waals surface area contributed by atoms with E-state index in [2.05, 4.69) is 0 Å². The third-order valence-corrected chi connectivity index (χ3v) is 8.38. The van der Waals surface area contributed by atoms with Crippen molar-refractivity contribution in [2.75, 3.05) is 46.4 Å². The molecular formula is C25H37N3O7S. The van der Waals surface area contributed by atoms with E-state index in [-0.39, 0.29) is 6.42 Å². The summed E-state index contributed by atoms with van der Waals surface area (Å²) >= 11 is 0. The lowest BCUT2D eigenvalue weighted by Crippen LogP contribution is -2.53. The molecule has 0 N–H and O–H groups in total. The molecule has 0 aliphatic carbocycles. The van der Waals surface area contributed by atoms with Gasteiger partial charge in [-0.15, -0.1) is 0 Å². The second-order valence-electron chi connectivity index (χ2n) is 8.69. The van der Waals surface area contributed by atoms with Crippen LogP contribution in [0.1, 0.15) is 39.2 Å². The van der Waals surface area contributed by atoms with Gasteiger partial charge in [-0.05, 0) is 25.8 Å². The second-order valence-corrected chi connectivity index (χ2v) is 10.9. The molecule has 2 rings (SSSR count). The predicted molar refractivity (Wildman–Crippen MR) is 135 cm³/mol. The minimum absolute atomic E-state index is 0.122. The van der Waals surface area contributed by atoms with Crippen LogP contribution in [-0.2, 0) is 39.5 Å². The number of amides is 3. The first-order valence-corrected chi connectivity index (χ1v) is 14.0. The maximum absolute atomic E-state index is 13.6. The van der Waals surface area contributed by atoms with E-state index in [4.69, 9.17) is 4.74 Å². The van der Waals surface area contributed by atoms with Gasteiger partial charge in [0.2, 0.25) is 17.6 Å². The summed E-state index contributed by atoms with van der Waals surface area (Å²) in [7, 11) is -2.83. The van der Waals surface area contributed by atoms with Gasteiger partial charge in [-0.1, -0.05) is 37.3 Å². The largest absolute Gasteiger partial charge is 0.378 e. The molecule has 1 aromatic carbocycles. The van der Waals surface area contributed by atoms with E-state index in [1.807, 2.05) is 0 Å². The summed E-state index contributed by atoms with van der Waals surface area (Å²) in [5, 5.41) is -1.69. The maximum Gasteiger partial charge on any atom is 0.292 e. The van der Waals surface area contributed by atoms with E-state index >= 15 is 0 Å². The smallest absolute Gasteiger partial charge is 0.292 e. The molecule has 200 valence electrons. The van der Waals surface area contributed by atoms with Gasteiger partial charge in [-0.3, -0.25) is 19.2 Å². The number of hydrogen-bond acceptors (Lipinski definition) is 7. The topological polar surface area (TPSA) is 121 Å². The first kappa shape index (κ1) is 29.4. The van der Waals surface area contributed by atoms with Crippen molar-refractivity contribution in [1.82, 2.24) is 14.7 Å². The third-order valence-electron chi connectivity index (χ3n) is 6.41. The summed E-state index contributed by atoms with van der Waals surface area (Å²) in [5.74, 6) is -3.28. The van der Waals surface area contributed by atoms with Gasteiger partial charge in [-0.2, -0.15) is 0 Å². The SMILES string of the molecule is CCC(C(=O)C(=O)N(CC)CC)N(C)C(=O)[C@H](CC(=O)N1CCOCC1)S(=O)(=O)Cc1ccccc1. The standard InChI is InChI=1S/C25H37N3O7S/c1-5-20(23(30)25(32)27(6-2)7-3)26(4)24(31)21(17-22(29)28-13-15-35-16-14-28)36(33,34)18-19-11-9-8-10-12-19/h8-12,20-21H,5-7,13-18H2,1-4H3/t20?,21-/m0/s1. The van der Waals surface area contributed by atoms with Crippen molar-refractivity contribution in [2.24, 2.45) is 0 Å². The fourth-order valence-electron chi connectivity index (χ4n) is 4.20. The summed E-state index contributed by atoms with van der Waals surface area (Å²) in [4.78, 5) is 56.1. The number of carbonyl (C=O) groups is 4. The molecule has 3 amide bonds. The fourth-order valence-corrected chi connectivity index (χ4v) is 5.93. The van der Waals surface area contributed by atoms with E-state index < -0.39 is 56.8 Å². The zero-order valence-corrected chi connectivity index (χ0v) is 22.3. The Morgan fingerprint density at radius 1 is 1.00 bits per heavy atom. The lowest BCUT2D eigenvalue weighted by atomic mass is 10.1. The molecule has 36 heavy (non-hydrogen) atoms. The summed E-state index contributed by atoms with van der Waals surface area (Å²) in [6.07, 6.45) is -0.427. The van der Waals surface area contributed by atoms with Gasteiger partial charge in [0.1, 0.15) is 5.25 Å². The lowest BCUT2D eigenvalue weighted by Gasteiger charge is -2.32. The average molecular weight is 524 g/mol. The van der Waals surface area contributed by atoms with Crippen molar-refractivity contribution in [1.29, 1.82) is 0 Å². The number of ether oxygens (including phenoxy) is 1. The molecule has 0 saturated carbocycles. The molecule has 1 heterocycles. The van der Waals surface area contributed by atoms with Gasteiger partial charge >= 0.3 is 0 Å². The van der Waals surface area contributed by atoms with Crippen molar-refractivity contribution in [2.45, 2.75) is 50.7 Å². The zero-order valence-electron chi connectivity index (χ0n) is 21.5.